The predicted molar refractivity (Wildman–Crippen MR) is 508 cm³/mol. The first-order valence-electron chi connectivity index (χ1n) is 41.7. The Labute approximate surface area is 701 Å². The van der Waals surface area contributed by atoms with E-state index in [1.165, 1.54) is 117 Å². The van der Waals surface area contributed by atoms with E-state index >= 15 is 0 Å². The minimum Gasteiger partial charge on any atom is -0.319 e. The van der Waals surface area contributed by atoms with Crippen molar-refractivity contribution in [3.05, 3.63) is 396 Å². The van der Waals surface area contributed by atoms with Crippen molar-refractivity contribution >= 4 is 190 Å². The molecule has 0 saturated carbocycles. The second-order valence-electron chi connectivity index (χ2n) is 33.3. The smallest absolute Gasteiger partial charge is 0.252 e. The third-order valence-electron chi connectivity index (χ3n) is 26.2. The maximum atomic E-state index is 11.5. The summed E-state index contributed by atoms with van der Waals surface area (Å²) in [6.45, 7) is 22.4. The number of nitrogens with zero attached hydrogens (tertiary/aromatic N) is 9. The van der Waals surface area contributed by atoms with Crippen molar-refractivity contribution in [3.63, 3.8) is 0 Å². The Morgan fingerprint density at radius 3 is 1.02 bits per heavy atom. The number of hydrogen-bond donors (Lipinski definition) is 0. The molecule has 0 fully saturated rings. The SMILES string of the molecule is Cc1ccc(B2c3ccc(C)cc3N3c4cc(C)ccc4B4c5ccc(C)cc5N5c6cc(C)ccc6N(c6ccc(C)cc6)c6cc2c3c4c65)cc1.[C-]#[N+]c1cc(-c2cc(C#N)c(-n3c4ccccc4c4ccccc43)cc2-n2c3ccccc3c3ccccc32)c(-n2c3ccccc3c3ccccc32)cc1-n1c2ccccc2c2ccccc21. The highest BCUT2D eigenvalue weighted by Crippen LogP contribution is 2.58. The zero-order chi connectivity index (χ0) is 80.9. The van der Waals surface area contributed by atoms with Gasteiger partial charge in [-0.25, -0.2) is 4.85 Å². The van der Waals surface area contributed by atoms with Crippen LogP contribution >= 0.6 is 0 Å². The van der Waals surface area contributed by atoms with E-state index in [-0.39, 0.29) is 13.4 Å². The van der Waals surface area contributed by atoms with E-state index in [9.17, 15) is 5.26 Å². The number of aryl methyl sites for hydroxylation is 6. The van der Waals surface area contributed by atoms with Gasteiger partial charge in [-0.3, -0.25) is 0 Å². The lowest BCUT2D eigenvalue weighted by Crippen LogP contribution is -2.67. The average Bonchev–Trinajstić information content (AvgIpc) is 1.58. The molecule has 8 heterocycles. The van der Waals surface area contributed by atoms with Crippen molar-refractivity contribution in [2.75, 3.05) is 14.7 Å². The van der Waals surface area contributed by atoms with E-state index in [1.807, 2.05) is 0 Å². The molecule has 4 aromatic heterocycles. The molecule has 4 aliphatic rings. The molecule has 11 heteroatoms. The molecule has 25 rings (SSSR count). The van der Waals surface area contributed by atoms with Crippen LogP contribution in [0.5, 0.6) is 0 Å². The van der Waals surface area contributed by atoms with Crippen molar-refractivity contribution < 1.29 is 0 Å². The van der Waals surface area contributed by atoms with Crippen molar-refractivity contribution in [1.29, 1.82) is 5.26 Å². The monoisotopic (exact) mass is 1540 g/mol. The summed E-state index contributed by atoms with van der Waals surface area (Å²) in [5, 5.41) is 20.5. The van der Waals surface area contributed by atoms with Gasteiger partial charge in [0.05, 0.1) is 102 Å². The summed E-state index contributed by atoms with van der Waals surface area (Å²) in [7, 11) is 0. The van der Waals surface area contributed by atoms with Crippen LogP contribution in [0, 0.1) is 59.4 Å². The highest BCUT2D eigenvalue weighted by Gasteiger charge is 2.51. The molecule has 0 N–H and O–H groups in total. The van der Waals surface area contributed by atoms with Crippen molar-refractivity contribution in [3.8, 4) is 39.9 Å². The van der Waals surface area contributed by atoms with Crippen LogP contribution in [0.15, 0.2) is 346 Å². The van der Waals surface area contributed by atoms with Gasteiger partial charge in [-0.1, -0.05) is 241 Å². The van der Waals surface area contributed by atoms with Gasteiger partial charge >= 0.3 is 0 Å². The Hall–Kier alpha value is -15.6. The largest absolute Gasteiger partial charge is 0.319 e. The predicted octanol–water partition coefficient (Wildman–Crippen LogP) is 24.4. The highest BCUT2D eigenvalue weighted by atomic mass is 15.3. The van der Waals surface area contributed by atoms with Gasteiger partial charge in [0.25, 0.3) is 6.71 Å². The van der Waals surface area contributed by atoms with Crippen LogP contribution in [0.4, 0.5) is 56.9 Å². The topological polar surface area (TPSA) is 57.6 Å². The third kappa shape index (κ3) is 10.2. The summed E-state index contributed by atoms with van der Waals surface area (Å²) in [5.74, 6) is 0. The summed E-state index contributed by atoms with van der Waals surface area (Å²) < 4.78 is 9.20. The summed E-state index contributed by atoms with van der Waals surface area (Å²) in [5.41, 5.74) is 41.3. The number of rotatable bonds is 7. The van der Waals surface area contributed by atoms with E-state index in [2.05, 4.69) is 431 Å². The van der Waals surface area contributed by atoms with Gasteiger partial charge in [-0.15, -0.1) is 0 Å². The molecule has 0 radical (unpaired) electrons. The Morgan fingerprint density at radius 1 is 0.264 bits per heavy atom. The number of anilines is 9. The minimum atomic E-state index is 0.0677. The molecule has 121 heavy (non-hydrogen) atoms. The fourth-order valence-corrected chi connectivity index (χ4v) is 20.9. The fourth-order valence-electron chi connectivity index (χ4n) is 20.9. The molecule has 4 aliphatic heterocycles. The number of fused-ring (bicyclic) bond motifs is 22. The van der Waals surface area contributed by atoms with Gasteiger partial charge in [0, 0.05) is 77.1 Å². The van der Waals surface area contributed by atoms with Gasteiger partial charge in [0.1, 0.15) is 6.07 Å². The second-order valence-corrected chi connectivity index (χ2v) is 33.3. The van der Waals surface area contributed by atoms with Crippen LogP contribution in [0.2, 0.25) is 0 Å². The first-order valence-corrected chi connectivity index (χ1v) is 41.7. The normalized spacial score (nSPS) is 12.8. The fraction of sp³-hybridized carbons (Fsp3) is 0.0545. The number of nitriles is 1. The van der Waals surface area contributed by atoms with Crippen LogP contribution in [0.25, 0.3) is 126 Å². The summed E-state index contributed by atoms with van der Waals surface area (Å²) in [6, 6.07) is 129. The molecule has 17 aromatic carbocycles. The molecule has 0 atom stereocenters. The van der Waals surface area contributed by atoms with E-state index < -0.39 is 0 Å². The standard InChI is InChI=1S/C62H36N6.C48H39B2N3/c1-64-50-35-49(61(67-55-30-14-6-22-44(55)45-23-7-15-31-56(45)67)37-62(50)68-57-32-16-8-24-46(57)47-25-9-17-33-58(47)68)48-34-39(38-63)59(65-51-26-10-2-18-40(51)41-19-3-11-27-52(41)65)36-60(48)66-53-28-12-4-20-42(53)43-21-5-13-29-54(43)66;1-28-7-15-34(16-8-28)49-36-19-11-30(3)23-41(36)52-42-24-31(4)12-20-37(42)50-38-21-13-32(5)25-43(38)53-44-26-33(6)14-22-40(44)51(35-17-9-29(2)10-18-35)45-27-39(49)47(52)46(50)48(45)53/h2-37H;7-27H,1-6H3. The van der Waals surface area contributed by atoms with Gasteiger partial charge in [0.15, 0.2) is 0 Å². The Kier molecular flexibility index (Phi) is 15.3. The van der Waals surface area contributed by atoms with Crippen molar-refractivity contribution in [2.45, 2.75) is 41.5 Å². The van der Waals surface area contributed by atoms with Gasteiger partial charge in [-0.2, -0.15) is 5.26 Å². The van der Waals surface area contributed by atoms with Crippen LogP contribution in [0.1, 0.15) is 38.9 Å². The molecule has 0 bridgehead atoms. The van der Waals surface area contributed by atoms with E-state index in [1.54, 1.807) is 0 Å². The first kappa shape index (κ1) is 69.7. The summed E-state index contributed by atoms with van der Waals surface area (Å²) in [6.07, 6.45) is 0. The number of para-hydroxylation sites is 8. The quantitative estimate of drug-likeness (QED) is 0.118. The molecule has 0 aliphatic carbocycles. The molecular weight excluding hydrogens is 1470 g/mol. The lowest BCUT2D eigenvalue weighted by atomic mass is 9.29. The van der Waals surface area contributed by atoms with E-state index in [4.69, 9.17) is 6.57 Å². The lowest BCUT2D eigenvalue weighted by molar-refractivity contribution is 1.12. The number of hydrogen-bond acceptors (Lipinski definition) is 4. The molecule has 0 amide bonds. The van der Waals surface area contributed by atoms with Crippen LogP contribution in [-0.4, -0.2) is 31.7 Å². The third-order valence-corrected chi connectivity index (χ3v) is 26.2. The molecule has 0 saturated heterocycles. The summed E-state index contributed by atoms with van der Waals surface area (Å²) >= 11 is 0. The Morgan fingerprint density at radius 2 is 0.603 bits per heavy atom. The van der Waals surface area contributed by atoms with Crippen LogP contribution in [0.3, 0.4) is 0 Å². The molecule has 21 aromatic rings. The zero-order valence-corrected chi connectivity index (χ0v) is 67.6. The number of benzene rings is 17. The summed E-state index contributed by atoms with van der Waals surface area (Å²) in [4.78, 5) is 12.2. The molecule has 9 nitrogen and oxygen atoms in total. The molecule has 0 spiro atoms. The maximum absolute atomic E-state index is 11.5. The van der Waals surface area contributed by atoms with Crippen LogP contribution < -0.4 is 47.5 Å². The van der Waals surface area contributed by atoms with E-state index in [0.29, 0.717) is 11.3 Å². The molecular formula is C110H75B2N9. The molecule has 566 valence electrons. The Balaban J connectivity index is 0.000000141. The van der Waals surface area contributed by atoms with Gasteiger partial charge in [-0.05, 0) is 218 Å². The number of aromatic nitrogens is 4. The average molecular weight is 1540 g/mol. The maximum Gasteiger partial charge on any atom is 0.252 e. The Bertz CT molecular complexity index is 7470. The van der Waals surface area contributed by atoms with Gasteiger partial charge < -0.3 is 33.0 Å². The van der Waals surface area contributed by atoms with Crippen molar-refractivity contribution in [1.82, 2.24) is 18.3 Å². The van der Waals surface area contributed by atoms with Crippen LogP contribution in [-0.2, 0) is 0 Å². The zero-order valence-electron chi connectivity index (χ0n) is 67.6. The van der Waals surface area contributed by atoms with E-state index in [0.717, 1.165) is 121 Å². The van der Waals surface area contributed by atoms with Gasteiger partial charge in [0.2, 0.25) is 12.4 Å². The van der Waals surface area contributed by atoms with Crippen molar-refractivity contribution in [2.24, 2.45) is 0 Å². The lowest BCUT2D eigenvalue weighted by Gasteiger charge is -2.51. The highest BCUT2D eigenvalue weighted by molar-refractivity contribution is 7.04. The first-order chi connectivity index (χ1) is 59.4. The molecule has 0 unspecified atom stereocenters. The second kappa shape index (κ2) is 26.5. The minimum absolute atomic E-state index is 0.0677.